The van der Waals surface area contributed by atoms with Crippen molar-refractivity contribution in [1.82, 2.24) is 10.2 Å². The average molecular weight is 409 g/mol. The van der Waals surface area contributed by atoms with Crippen LogP contribution in [0.1, 0.15) is 35.3 Å². The minimum atomic E-state index is -3.41. The summed E-state index contributed by atoms with van der Waals surface area (Å²) in [4.78, 5) is 14.9. The molecule has 27 heavy (non-hydrogen) atoms. The number of halogens is 1. The lowest BCUT2D eigenvalue weighted by molar-refractivity contribution is 0.0950. The molecule has 0 bridgehead atoms. The number of sulfone groups is 1. The number of rotatable bonds is 8. The number of hydrogen-bond acceptors (Lipinski definition) is 4. The maximum absolute atomic E-state index is 12.6. The first kappa shape index (κ1) is 21.4. The minimum Gasteiger partial charge on any atom is -0.348 e. The van der Waals surface area contributed by atoms with Crippen molar-refractivity contribution in [2.24, 2.45) is 0 Å². The molecule has 0 fully saturated rings. The van der Waals surface area contributed by atoms with Gasteiger partial charge in [-0.1, -0.05) is 49.7 Å². The zero-order chi connectivity index (χ0) is 20.0. The van der Waals surface area contributed by atoms with E-state index in [9.17, 15) is 13.2 Å². The lowest BCUT2D eigenvalue weighted by atomic mass is 10.1. The standard InChI is InChI=1S/C20H25ClN2O3S/c1-4-23(5-2)14-16-9-7-6-8-15(16)13-22-20(24)18-12-17(27(3,25)26)10-11-19(18)21/h6-12H,4-5,13-14H2,1-3H3,(H,22,24). The van der Waals surface area contributed by atoms with E-state index in [0.29, 0.717) is 6.54 Å². The molecule has 0 spiro atoms. The predicted molar refractivity (Wildman–Crippen MR) is 109 cm³/mol. The zero-order valence-electron chi connectivity index (χ0n) is 15.8. The number of carbonyl (C=O) groups excluding carboxylic acids is 1. The van der Waals surface area contributed by atoms with Crippen molar-refractivity contribution in [3.05, 3.63) is 64.2 Å². The molecular weight excluding hydrogens is 384 g/mol. The topological polar surface area (TPSA) is 66.5 Å². The summed E-state index contributed by atoms with van der Waals surface area (Å²) in [6.45, 7) is 7.28. The van der Waals surface area contributed by atoms with E-state index in [1.165, 1.54) is 18.2 Å². The van der Waals surface area contributed by atoms with Crippen LogP contribution in [-0.4, -0.2) is 38.6 Å². The van der Waals surface area contributed by atoms with Crippen LogP contribution >= 0.6 is 11.6 Å². The highest BCUT2D eigenvalue weighted by atomic mass is 35.5. The summed E-state index contributed by atoms with van der Waals surface area (Å²) in [6.07, 6.45) is 1.10. The van der Waals surface area contributed by atoms with Gasteiger partial charge in [0.2, 0.25) is 0 Å². The molecular formula is C20H25ClN2O3S. The third-order valence-corrected chi connectivity index (χ3v) is 5.90. The fourth-order valence-electron chi connectivity index (χ4n) is 2.75. The number of carbonyl (C=O) groups is 1. The number of benzene rings is 2. The molecule has 7 heteroatoms. The quantitative estimate of drug-likeness (QED) is 0.725. The normalized spacial score (nSPS) is 11.6. The first-order valence-electron chi connectivity index (χ1n) is 8.83. The summed E-state index contributed by atoms with van der Waals surface area (Å²) in [7, 11) is -3.41. The minimum absolute atomic E-state index is 0.0685. The van der Waals surface area contributed by atoms with Gasteiger partial charge in [0, 0.05) is 19.3 Å². The number of amides is 1. The second kappa shape index (κ2) is 9.35. The Labute approximate surface area is 166 Å². The Morgan fingerprint density at radius 3 is 2.30 bits per heavy atom. The highest BCUT2D eigenvalue weighted by Gasteiger charge is 2.16. The first-order chi connectivity index (χ1) is 12.8. The highest BCUT2D eigenvalue weighted by molar-refractivity contribution is 7.90. The summed E-state index contributed by atoms with van der Waals surface area (Å²) >= 11 is 6.10. The van der Waals surface area contributed by atoms with Crippen molar-refractivity contribution >= 4 is 27.3 Å². The smallest absolute Gasteiger partial charge is 0.253 e. The van der Waals surface area contributed by atoms with Crippen molar-refractivity contribution in [2.45, 2.75) is 31.8 Å². The van der Waals surface area contributed by atoms with Gasteiger partial charge < -0.3 is 5.32 Å². The van der Waals surface area contributed by atoms with E-state index in [2.05, 4.69) is 30.1 Å². The van der Waals surface area contributed by atoms with Gasteiger partial charge in [-0.3, -0.25) is 9.69 Å². The van der Waals surface area contributed by atoms with Crippen LogP contribution in [0.2, 0.25) is 5.02 Å². The first-order valence-corrected chi connectivity index (χ1v) is 11.1. The SMILES string of the molecule is CCN(CC)Cc1ccccc1CNC(=O)c1cc(S(C)(=O)=O)ccc1Cl. The summed E-state index contributed by atoms with van der Waals surface area (Å²) in [6, 6.07) is 12.1. The Balaban J connectivity index is 2.17. The van der Waals surface area contributed by atoms with Crippen molar-refractivity contribution in [2.75, 3.05) is 19.3 Å². The van der Waals surface area contributed by atoms with E-state index in [4.69, 9.17) is 11.6 Å². The molecule has 1 amide bonds. The number of nitrogens with zero attached hydrogens (tertiary/aromatic N) is 1. The van der Waals surface area contributed by atoms with E-state index in [-0.39, 0.29) is 15.5 Å². The maximum atomic E-state index is 12.6. The van der Waals surface area contributed by atoms with Crippen LogP contribution in [0.5, 0.6) is 0 Å². The molecule has 0 saturated carbocycles. The lowest BCUT2D eigenvalue weighted by Crippen LogP contribution is -2.26. The fraction of sp³-hybridized carbons (Fsp3) is 0.350. The number of nitrogens with one attached hydrogen (secondary N) is 1. The molecule has 0 aliphatic carbocycles. The van der Waals surface area contributed by atoms with Crippen LogP contribution in [0.15, 0.2) is 47.4 Å². The van der Waals surface area contributed by atoms with E-state index in [1.807, 2.05) is 18.2 Å². The van der Waals surface area contributed by atoms with Crippen LogP contribution in [0.3, 0.4) is 0 Å². The molecule has 0 aliphatic heterocycles. The third-order valence-electron chi connectivity index (χ3n) is 4.46. The van der Waals surface area contributed by atoms with Gasteiger partial charge in [-0.15, -0.1) is 0 Å². The van der Waals surface area contributed by atoms with E-state index < -0.39 is 15.7 Å². The van der Waals surface area contributed by atoms with E-state index in [1.54, 1.807) is 0 Å². The van der Waals surface area contributed by atoms with Gasteiger partial charge in [0.1, 0.15) is 0 Å². The second-order valence-corrected chi connectivity index (χ2v) is 8.75. The van der Waals surface area contributed by atoms with Gasteiger partial charge in [-0.05, 0) is 42.4 Å². The molecule has 0 aliphatic rings. The van der Waals surface area contributed by atoms with E-state index in [0.717, 1.165) is 37.0 Å². The summed E-state index contributed by atoms with van der Waals surface area (Å²) in [5.41, 5.74) is 2.33. The van der Waals surface area contributed by atoms with Crippen molar-refractivity contribution < 1.29 is 13.2 Å². The lowest BCUT2D eigenvalue weighted by Gasteiger charge is -2.20. The summed E-state index contributed by atoms with van der Waals surface area (Å²) in [5, 5.41) is 3.07. The van der Waals surface area contributed by atoms with Gasteiger partial charge in [0.05, 0.1) is 15.5 Å². The molecule has 0 aromatic heterocycles. The van der Waals surface area contributed by atoms with Gasteiger partial charge in [-0.25, -0.2) is 8.42 Å². The van der Waals surface area contributed by atoms with Gasteiger partial charge in [0.25, 0.3) is 5.91 Å². The summed E-state index contributed by atoms with van der Waals surface area (Å²) in [5.74, 6) is -0.400. The monoisotopic (exact) mass is 408 g/mol. The molecule has 2 rings (SSSR count). The maximum Gasteiger partial charge on any atom is 0.253 e. The molecule has 0 radical (unpaired) electrons. The molecule has 0 heterocycles. The third kappa shape index (κ3) is 5.79. The van der Waals surface area contributed by atoms with Crippen LogP contribution in [0.25, 0.3) is 0 Å². The van der Waals surface area contributed by atoms with Crippen LogP contribution in [0, 0.1) is 0 Å². The summed E-state index contributed by atoms with van der Waals surface area (Å²) < 4.78 is 23.4. The van der Waals surface area contributed by atoms with Crippen molar-refractivity contribution in [3.8, 4) is 0 Å². The van der Waals surface area contributed by atoms with Crippen LogP contribution in [0.4, 0.5) is 0 Å². The van der Waals surface area contributed by atoms with Crippen LogP contribution < -0.4 is 5.32 Å². The molecule has 2 aromatic carbocycles. The van der Waals surface area contributed by atoms with Gasteiger partial charge in [-0.2, -0.15) is 0 Å². The van der Waals surface area contributed by atoms with Crippen molar-refractivity contribution in [3.63, 3.8) is 0 Å². The van der Waals surface area contributed by atoms with Gasteiger partial charge in [0.15, 0.2) is 9.84 Å². The molecule has 2 aromatic rings. The Morgan fingerprint density at radius 1 is 1.07 bits per heavy atom. The molecule has 1 N–H and O–H groups in total. The predicted octanol–water partition coefficient (Wildman–Crippen LogP) is 3.52. The molecule has 5 nitrogen and oxygen atoms in total. The average Bonchev–Trinajstić information content (AvgIpc) is 2.64. The van der Waals surface area contributed by atoms with Crippen molar-refractivity contribution in [1.29, 1.82) is 0 Å². The molecule has 0 atom stereocenters. The number of hydrogen-bond donors (Lipinski definition) is 1. The fourth-order valence-corrected chi connectivity index (χ4v) is 3.60. The Bertz CT molecular complexity index is 909. The molecule has 0 saturated heterocycles. The highest BCUT2D eigenvalue weighted by Crippen LogP contribution is 2.21. The van der Waals surface area contributed by atoms with Crippen LogP contribution in [-0.2, 0) is 22.9 Å². The Hall–Kier alpha value is -1.89. The zero-order valence-corrected chi connectivity index (χ0v) is 17.4. The Kier molecular flexibility index (Phi) is 7.41. The second-order valence-electron chi connectivity index (χ2n) is 6.33. The van der Waals surface area contributed by atoms with Gasteiger partial charge >= 0.3 is 0 Å². The Morgan fingerprint density at radius 2 is 1.70 bits per heavy atom. The molecule has 146 valence electrons. The largest absolute Gasteiger partial charge is 0.348 e. The molecule has 0 unspecified atom stereocenters. The van der Waals surface area contributed by atoms with E-state index >= 15 is 0 Å².